The summed E-state index contributed by atoms with van der Waals surface area (Å²) in [6, 6.07) is 10.0. The lowest BCUT2D eigenvalue weighted by molar-refractivity contribution is -0.132. The number of benzene rings is 1. The Bertz CT molecular complexity index is 624. The van der Waals surface area contributed by atoms with Gasteiger partial charge in [0.05, 0.1) is 6.54 Å². The van der Waals surface area contributed by atoms with Crippen molar-refractivity contribution in [1.82, 2.24) is 9.80 Å². The van der Waals surface area contributed by atoms with E-state index in [1.54, 1.807) is 11.8 Å². The molecule has 5 nitrogen and oxygen atoms in total. The lowest BCUT2D eigenvalue weighted by Crippen LogP contribution is -2.53. The minimum atomic E-state index is -1.06. The van der Waals surface area contributed by atoms with Crippen molar-refractivity contribution < 1.29 is 14.6 Å². The van der Waals surface area contributed by atoms with E-state index < -0.39 is 5.60 Å². The highest BCUT2D eigenvalue weighted by molar-refractivity contribution is 5.73. The minimum absolute atomic E-state index is 0.0137. The van der Waals surface area contributed by atoms with Gasteiger partial charge in [-0.3, -0.25) is 9.69 Å². The van der Waals surface area contributed by atoms with Gasteiger partial charge in [-0.25, -0.2) is 0 Å². The van der Waals surface area contributed by atoms with Crippen LogP contribution in [0, 0.1) is 5.41 Å². The van der Waals surface area contributed by atoms with Gasteiger partial charge in [-0.1, -0.05) is 32.0 Å². The molecule has 0 spiro atoms. The minimum Gasteiger partial charge on any atom is -0.490 e. The van der Waals surface area contributed by atoms with Crippen LogP contribution in [-0.2, 0) is 4.79 Å². The first-order valence-corrected chi connectivity index (χ1v) is 10.2. The van der Waals surface area contributed by atoms with Gasteiger partial charge in [-0.15, -0.1) is 0 Å². The molecule has 0 radical (unpaired) electrons. The van der Waals surface area contributed by atoms with Crippen molar-refractivity contribution in [3.05, 3.63) is 30.3 Å². The highest BCUT2D eigenvalue weighted by Gasteiger charge is 2.40. The maximum Gasteiger partial charge on any atom is 0.219 e. The average molecular weight is 375 g/mol. The fourth-order valence-corrected chi connectivity index (χ4v) is 4.35. The summed E-state index contributed by atoms with van der Waals surface area (Å²) in [6.07, 6.45) is 4.73. The van der Waals surface area contributed by atoms with E-state index in [1.807, 2.05) is 30.3 Å². The second kappa shape index (κ2) is 8.19. The number of β-amino-alcohol motifs (C(OH)–C–C–N with tert-alkyl or cyclic N) is 1. The zero-order valence-corrected chi connectivity index (χ0v) is 17.0. The molecule has 1 saturated carbocycles. The van der Waals surface area contributed by atoms with Crippen LogP contribution in [0.2, 0.25) is 0 Å². The van der Waals surface area contributed by atoms with Crippen LogP contribution in [0.15, 0.2) is 30.3 Å². The van der Waals surface area contributed by atoms with Crippen LogP contribution in [0.4, 0.5) is 0 Å². The summed E-state index contributed by atoms with van der Waals surface area (Å²) in [7, 11) is 0. The van der Waals surface area contributed by atoms with Gasteiger partial charge in [0.2, 0.25) is 5.91 Å². The Hall–Kier alpha value is -1.59. The van der Waals surface area contributed by atoms with E-state index in [0.717, 1.165) is 25.1 Å². The lowest BCUT2D eigenvalue weighted by Gasteiger charge is -2.41. The van der Waals surface area contributed by atoms with E-state index in [-0.39, 0.29) is 12.5 Å². The zero-order chi connectivity index (χ0) is 19.5. The Balaban J connectivity index is 1.70. The largest absolute Gasteiger partial charge is 0.490 e. The summed E-state index contributed by atoms with van der Waals surface area (Å²) >= 11 is 0. The smallest absolute Gasteiger partial charge is 0.219 e. The van der Waals surface area contributed by atoms with Crippen LogP contribution in [0.3, 0.4) is 0 Å². The molecule has 0 aromatic heterocycles. The number of rotatable bonds is 4. The summed E-state index contributed by atoms with van der Waals surface area (Å²) in [6.45, 7) is 8.81. The van der Waals surface area contributed by atoms with E-state index in [9.17, 15) is 9.90 Å². The first-order chi connectivity index (χ1) is 12.8. The molecule has 1 unspecified atom stereocenters. The van der Waals surface area contributed by atoms with Crippen molar-refractivity contribution in [3.63, 3.8) is 0 Å². The first kappa shape index (κ1) is 20.2. The quantitative estimate of drug-likeness (QED) is 0.880. The maximum absolute atomic E-state index is 12.0. The highest BCUT2D eigenvalue weighted by atomic mass is 16.5. The third-order valence-corrected chi connectivity index (χ3v) is 6.16. The van der Waals surface area contributed by atoms with Crippen molar-refractivity contribution in [2.45, 2.75) is 58.1 Å². The van der Waals surface area contributed by atoms with Crippen LogP contribution in [0.5, 0.6) is 5.75 Å². The number of hydrogen-bond acceptors (Lipinski definition) is 4. The zero-order valence-electron chi connectivity index (χ0n) is 17.0. The molecule has 1 N–H and O–H groups in total. The Kier molecular flexibility index (Phi) is 6.11. The normalized spacial score (nSPS) is 27.2. The van der Waals surface area contributed by atoms with E-state index in [4.69, 9.17) is 4.74 Å². The molecule has 150 valence electrons. The summed E-state index contributed by atoms with van der Waals surface area (Å²) in [5.74, 6) is 0.760. The Morgan fingerprint density at radius 1 is 1.15 bits per heavy atom. The van der Waals surface area contributed by atoms with Gasteiger partial charge in [0, 0.05) is 32.6 Å². The topological polar surface area (TPSA) is 53.0 Å². The molecule has 1 saturated heterocycles. The Labute approximate surface area is 163 Å². The van der Waals surface area contributed by atoms with Gasteiger partial charge in [-0.2, -0.15) is 0 Å². The van der Waals surface area contributed by atoms with Crippen molar-refractivity contribution >= 4 is 5.91 Å². The predicted octanol–water partition coefficient (Wildman–Crippen LogP) is 2.93. The molecular weight excluding hydrogens is 340 g/mol. The predicted molar refractivity (Wildman–Crippen MR) is 107 cm³/mol. The van der Waals surface area contributed by atoms with E-state index in [0.29, 0.717) is 31.1 Å². The molecule has 5 heteroatoms. The molecular formula is C22H34N2O3. The summed E-state index contributed by atoms with van der Waals surface area (Å²) < 4.78 is 5.89. The van der Waals surface area contributed by atoms with Gasteiger partial charge >= 0.3 is 0 Å². The first-order valence-electron chi connectivity index (χ1n) is 10.2. The van der Waals surface area contributed by atoms with Crippen LogP contribution in [0.25, 0.3) is 0 Å². The third kappa shape index (κ3) is 5.45. The molecule has 1 aliphatic heterocycles. The maximum atomic E-state index is 12.0. The lowest BCUT2D eigenvalue weighted by atomic mass is 9.75. The second-order valence-electron chi connectivity index (χ2n) is 9.13. The number of aliphatic hydroxyl groups is 1. The number of ether oxygens (including phenoxy) is 1. The molecule has 1 atom stereocenters. The molecule has 2 aliphatic rings. The van der Waals surface area contributed by atoms with E-state index >= 15 is 0 Å². The Morgan fingerprint density at radius 3 is 2.44 bits per heavy atom. The molecule has 1 aromatic carbocycles. The molecule has 1 aliphatic carbocycles. The van der Waals surface area contributed by atoms with Gasteiger partial charge in [0.15, 0.2) is 0 Å². The number of carbonyl (C=O) groups is 1. The van der Waals surface area contributed by atoms with Crippen molar-refractivity contribution in [2.24, 2.45) is 5.41 Å². The van der Waals surface area contributed by atoms with Crippen LogP contribution >= 0.6 is 0 Å². The number of para-hydroxylation sites is 1. The van der Waals surface area contributed by atoms with Gasteiger partial charge < -0.3 is 14.7 Å². The number of carbonyl (C=O) groups excluding carboxylic acids is 1. The molecule has 1 heterocycles. The van der Waals surface area contributed by atoms with Crippen molar-refractivity contribution in [2.75, 3.05) is 32.8 Å². The average Bonchev–Trinajstić information content (AvgIpc) is 2.81. The highest BCUT2D eigenvalue weighted by Crippen LogP contribution is 2.37. The molecule has 3 rings (SSSR count). The van der Waals surface area contributed by atoms with Crippen LogP contribution in [0.1, 0.15) is 46.5 Å². The van der Waals surface area contributed by atoms with Crippen LogP contribution in [-0.4, -0.2) is 65.2 Å². The van der Waals surface area contributed by atoms with Gasteiger partial charge in [0.1, 0.15) is 18.0 Å². The van der Waals surface area contributed by atoms with Gasteiger partial charge in [-0.05, 0) is 43.2 Å². The van der Waals surface area contributed by atoms with Gasteiger partial charge in [0.25, 0.3) is 0 Å². The number of hydrogen-bond donors (Lipinski definition) is 1. The van der Waals surface area contributed by atoms with Crippen LogP contribution < -0.4 is 4.74 Å². The second-order valence-corrected chi connectivity index (χ2v) is 9.13. The van der Waals surface area contributed by atoms with E-state index in [2.05, 4.69) is 18.7 Å². The standard InChI is InChI=1S/C22H34N2O3/c1-18(25)23-13-14-24(19-9-11-21(2,3)12-10-19)16-22(26,15-23)17-27-20-7-5-4-6-8-20/h4-8,19,26H,9-17H2,1-3H3. The molecule has 2 fully saturated rings. The molecule has 1 amide bonds. The molecule has 1 aromatic rings. The molecule has 27 heavy (non-hydrogen) atoms. The number of nitrogens with zero attached hydrogens (tertiary/aromatic N) is 2. The van der Waals surface area contributed by atoms with Crippen molar-refractivity contribution in [1.29, 1.82) is 0 Å². The third-order valence-electron chi connectivity index (χ3n) is 6.16. The van der Waals surface area contributed by atoms with Crippen molar-refractivity contribution in [3.8, 4) is 5.75 Å². The number of amides is 1. The Morgan fingerprint density at radius 2 is 1.81 bits per heavy atom. The summed E-state index contributed by atoms with van der Waals surface area (Å²) in [5.41, 5.74) is -0.647. The fraction of sp³-hybridized carbons (Fsp3) is 0.682. The summed E-state index contributed by atoms with van der Waals surface area (Å²) in [5, 5.41) is 11.4. The fourth-order valence-electron chi connectivity index (χ4n) is 4.35. The SMILES string of the molecule is CC(=O)N1CCN(C2CCC(C)(C)CC2)CC(O)(COc2ccccc2)C1. The van der Waals surface area contributed by atoms with E-state index in [1.165, 1.54) is 12.8 Å². The summed E-state index contributed by atoms with van der Waals surface area (Å²) in [4.78, 5) is 16.2. The monoisotopic (exact) mass is 374 g/mol. The molecule has 0 bridgehead atoms.